The predicted molar refractivity (Wildman–Crippen MR) is 95.6 cm³/mol. The third-order valence-electron chi connectivity index (χ3n) is 4.79. The average molecular weight is 334 g/mol. The van der Waals surface area contributed by atoms with Crippen LogP contribution in [-0.2, 0) is 11.3 Å². The van der Waals surface area contributed by atoms with E-state index < -0.39 is 0 Å². The normalized spacial score (nSPS) is 23.1. The van der Waals surface area contributed by atoms with E-state index >= 15 is 0 Å². The second-order valence-corrected chi connectivity index (χ2v) is 7.90. The fourth-order valence-electron chi connectivity index (χ4n) is 3.34. The number of nitrogens with one attached hydrogen (secondary N) is 1. The molecule has 3 rings (SSSR count). The predicted octanol–water partition coefficient (Wildman–Crippen LogP) is 2.73. The van der Waals surface area contributed by atoms with Crippen LogP contribution in [0.4, 0.5) is 5.69 Å². The minimum absolute atomic E-state index is 0.121. The van der Waals surface area contributed by atoms with Gasteiger partial charge < -0.3 is 10.4 Å². The lowest BCUT2D eigenvalue weighted by atomic mass is 9.97. The average Bonchev–Trinajstić information content (AvgIpc) is 3.10. The number of thioether (sulfide) groups is 1. The zero-order valence-corrected chi connectivity index (χ0v) is 14.4. The Labute approximate surface area is 142 Å². The summed E-state index contributed by atoms with van der Waals surface area (Å²) in [5.41, 5.74) is 2.15. The van der Waals surface area contributed by atoms with Crippen LogP contribution in [0.5, 0.6) is 0 Å². The number of aliphatic hydroxyl groups excluding tert-OH is 1. The SMILES string of the molecule is O=C(Nc1cccc(CN2CCC(CO)CC2)c1)C1CCCS1. The molecule has 2 N–H and O–H groups in total. The van der Waals surface area contributed by atoms with E-state index in [1.807, 2.05) is 12.1 Å². The molecule has 1 amide bonds. The number of piperidine rings is 1. The van der Waals surface area contributed by atoms with Gasteiger partial charge in [0.1, 0.15) is 0 Å². The molecule has 1 unspecified atom stereocenters. The molecular weight excluding hydrogens is 308 g/mol. The Morgan fingerprint density at radius 3 is 2.83 bits per heavy atom. The van der Waals surface area contributed by atoms with Crippen molar-refractivity contribution in [2.45, 2.75) is 37.5 Å². The number of carbonyl (C=O) groups excluding carboxylic acids is 1. The Morgan fingerprint density at radius 2 is 2.13 bits per heavy atom. The summed E-state index contributed by atoms with van der Waals surface area (Å²) in [7, 11) is 0. The summed E-state index contributed by atoms with van der Waals surface area (Å²) in [4.78, 5) is 14.6. The molecule has 126 valence electrons. The van der Waals surface area contributed by atoms with Crippen molar-refractivity contribution < 1.29 is 9.90 Å². The van der Waals surface area contributed by atoms with E-state index in [2.05, 4.69) is 22.3 Å². The fraction of sp³-hybridized carbons (Fsp3) is 0.611. The van der Waals surface area contributed by atoms with E-state index in [-0.39, 0.29) is 11.2 Å². The van der Waals surface area contributed by atoms with Crippen LogP contribution in [-0.4, -0.2) is 46.6 Å². The maximum Gasteiger partial charge on any atom is 0.237 e. The first-order chi connectivity index (χ1) is 11.2. The van der Waals surface area contributed by atoms with E-state index in [1.165, 1.54) is 5.56 Å². The standard InChI is InChI=1S/C18H26N2O2S/c21-13-14-6-8-20(9-7-14)12-15-3-1-4-16(11-15)19-18(22)17-5-2-10-23-17/h1,3-4,11,14,17,21H,2,5-10,12-13H2,(H,19,22). The molecule has 1 aromatic carbocycles. The largest absolute Gasteiger partial charge is 0.396 e. The molecule has 0 bridgehead atoms. The molecule has 23 heavy (non-hydrogen) atoms. The van der Waals surface area contributed by atoms with Gasteiger partial charge in [0.2, 0.25) is 5.91 Å². The Hall–Kier alpha value is -1.04. The third-order valence-corrected chi connectivity index (χ3v) is 6.16. The summed E-state index contributed by atoms with van der Waals surface area (Å²) in [5.74, 6) is 1.72. The Balaban J connectivity index is 1.54. The maximum atomic E-state index is 12.2. The fourth-order valence-corrected chi connectivity index (χ4v) is 4.50. The number of amides is 1. The molecule has 2 heterocycles. The Bertz CT molecular complexity index is 524. The molecule has 5 heteroatoms. The number of carbonyl (C=O) groups is 1. The van der Waals surface area contributed by atoms with Gasteiger partial charge in [-0.1, -0.05) is 12.1 Å². The zero-order valence-electron chi connectivity index (χ0n) is 13.5. The summed E-state index contributed by atoms with van der Waals surface area (Å²) >= 11 is 1.76. The highest BCUT2D eigenvalue weighted by atomic mass is 32.2. The number of anilines is 1. The number of rotatable bonds is 5. The van der Waals surface area contributed by atoms with Gasteiger partial charge in [-0.3, -0.25) is 9.69 Å². The van der Waals surface area contributed by atoms with Gasteiger partial charge in [0, 0.05) is 18.8 Å². The lowest BCUT2D eigenvalue weighted by molar-refractivity contribution is -0.115. The Morgan fingerprint density at radius 1 is 1.30 bits per heavy atom. The van der Waals surface area contributed by atoms with E-state index in [9.17, 15) is 9.90 Å². The summed E-state index contributed by atoms with van der Waals surface area (Å²) in [5, 5.41) is 12.4. The van der Waals surface area contributed by atoms with Crippen molar-refractivity contribution in [2.75, 3.05) is 30.8 Å². The van der Waals surface area contributed by atoms with Gasteiger partial charge in [-0.2, -0.15) is 0 Å². The van der Waals surface area contributed by atoms with Gasteiger partial charge in [0.05, 0.1) is 5.25 Å². The van der Waals surface area contributed by atoms with Crippen molar-refractivity contribution in [3.8, 4) is 0 Å². The van der Waals surface area contributed by atoms with Crippen LogP contribution in [0.2, 0.25) is 0 Å². The van der Waals surface area contributed by atoms with Crippen molar-refractivity contribution in [2.24, 2.45) is 5.92 Å². The van der Waals surface area contributed by atoms with Gasteiger partial charge in [-0.15, -0.1) is 11.8 Å². The first-order valence-corrected chi connectivity index (χ1v) is 9.64. The molecule has 0 saturated carbocycles. The van der Waals surface area contributed by atoms with Crippen LogP contribution in [0.15, 0.2) is 24.3 Å². The van der Waals surface area contributed by atoms with Gasteiger partial charge in [-0.25, -0.2) is 0 Å². The van der Waals surface area contributed by atoms with E-state index in [0.29, 0.717) is 12.5 Å². The number of aliphatic hydroxyl groups is 1. The molecule has 2 fully saturated rings. The second-order valence-electron chi connectivity index (χ2n) is 6.59. The smallest absolute Gasteiger partial charge is 0.237 e. The highest BCUT2D eigenvalue weighted by molar-refractivity contribution is 8.00. The van der Waals surface area contributed by atoms with Crippen molar-refractivity contribution in [3.05, 3.63) is 29.8 Å². The minimum atomic E-state index is 0.121. The lowest BCUT2D eigenvalue weighted by Crippen LogP contribution is -2.34. The maximum absolute atomic E-state index is 12.2. The van der Waals surface area contributed by atoms with Crippen LogP contribution in [0, 0.1) is 5.92 Å². The van der Waals surface area contributed by atoms with Crippen LogP contribution >= 0.6 is 11.8 Å². The van der Waals surface area contributed by atoms with Gasteiger partial charge >= 0.3 is 0 Å². The van der Waals surface area contributed by atoms with Gasteiger partial charge in [-0.05, 0) is 68.1 Å². The van der Waals surface area contributed by atoms with Gasteiger partial charge in [0.25, 0.3) is 0 Å². The molecule has 4 nitrogen and oxygen atoms in total. The molecular formula is C18H26N2O2S. The summed E-state index contributed by atoms with van der Waals surface area (Å²) in [6.45, 7) is 3.32. The molecule has 0 aliphatic carbocycles. The number of hydrogen-bond acceptors (Lipinski definition) is 4. The van der Waals surface area contributed by atoms with Crippen LogP contribution in [0.3, 0.4) is 0 Å². The lowest BCUT2D eigenvalue weighted by Gasteiger charge is -2.31. The highest BCUT2D eigenvalue weighted by Crippen LogP contribution is 2.27. The van der Waals surface area contributed by atoms with Gasteiger partial charge in [0.15, 0.2) is 0 Å². The zero-order chi connectivity index (χ0) is 16.1. The first-order valence-electron chi connectivity index (χ1n) is 8.59. The molecule has 0 spiro atoms. The highest BCUT2D eigenvalue weighted by Gasteiger charge is 2.23. The molecule has 1 aromatic rings. The molecule has 2 aliphatic rings. The topological polar surface area (TPSA) is 52.6 Å². The third kappa shape index (κ3) is 4.72. The van der Waals surface area contributed by atoms with E-state index in [0.717, 1.165) is 56.8 Å². The first kappa shape index (κ1) is 16.8. The second kappa shape index (κ2) is 8.18. The van der Waals surface area contributed by atoms with Crippen molar-refractivity contribution >= 4 is 23.4 Å². The molecule has 0 aromatic heterocycles. The monoisotopic (exact) mass is 334 g/mol. The van der Waals surface area contributed by atoms with Crippen LogP contribution in [0.25, 0.3) is 0 Å². The van der Waals surface area contributed by atoms with Crippen LogP contribution in [0.1, 0.15) is 31.2 Å². The number of likely N-dealkylation sites (tertiary alicyclic amines) is 1. The molecule has 2 aliphatic heterocycles. The van der Waals surface area contributed by atoms with Crippen LogP contribution < -0.4 is 5.32 Å². The number of hydrogen-bond donors (Lipinski definition) is 2. The van der Waals surface area contributed by atoms with E-state index in [1.54, 1.807) is 11.8 Å². The van der Waals surface area contributed by atoms with Crippen molar-refractivity contribution in [3.63, 3.8) is 0 Å². The number of nitrogens with zero attached hydrogens (tertiary/aromatic N) is 1. The summed E-state index contributed by atoms with van der Waals surface area (Å²) < 4.78 is 0. The number of benzene rings is 1. The Kier molecular flexibility index (Phi) is 5.97. The molecule has 0 radical (unpaired) electrons. The summed E-state index contributed by atoms with van der Waals surface area (Å²) in [6.07, 6.45) is 4.29. The van der Waals surface area contributed by atoms with Crippen molar-refractivity contribution in [1.29, 1.82) is 0 Å². The quantitative estimate of drug-likeness (QED) is 0.869. The van der Waals surface area contributed by atoms with Crippen molar-refractivity contribution in [1.82, 2.24) is 4.90 Å². The van der Waals surface area contributed by atoms with E-state index in [4.69, 9.17) is 0 Å². The minimum Gasteiger partial charge on any atom is -0.396 e. The molecule has 2 saturated heterocycles. The summed E-state index contributed by atoms with van der Waals surface area (Å²) in [6, 6.07) is 8.21. The molecule has 1 atom stereocenters.